The highest BCUT2D eigenvalue weighted by Gasteiger charge is 2.23. The Labute approximate surface area is 197 Å². The molecule has 1 aliphatic rings. The highest BCUT2D eigenvalue weighted by Crippen LogP contribution is 2.36. The van der Waals surface area contributed by atoms with Gasteiger partial charge in [-0.2, -0.15) is 0 Å². The second-order valence-corrected chi connectivity index (χ2v) is 8.28. The summed E-state index contributed by atoms with van der Waals surface area (Å²) in [6, 6.07) is 4.92. The SMILES string of the molecule is C/C(=C\C=C/CF)CN(C)c1ccc([N+](=O)[O-])cc1C1=CCCC(NC(=O)C(C)C)C1.CC. The van der Waals surface area contributed by atoms with E-state index >= 15 is 0 Å². The smallest absolute Gasteiger partial charge is 0.270 e. The van der Waals surface area contributed by atoms with Crippen molar-refractivity contribution in [2.24, 2.45) is 5.92 Å². The molecule has 0 radical (unpaired) electrons. The molecule has 1 aromatic carbocycles. The van der Waals surface area contributed by atoms with Gasteiger partial charge in [0, 0.05) is 48.9 Å². The molecular formula is C26H38FN3O3. The third kappa shape index (κ3) is 8.83. The van der Waals surface area contributed by atoms with E-state index in [4.69, 9.17) is 0 Å². The van der Waals surface area contributed by atoms with Crippen LogP contribution in [0.4, 0.5) is 15.8 Å². The summed E-state index contributed by atoms with van der Waals surface area (Å²) in [4.78, 5) is 25.2. The lowest BCUT2D eigenvalue weighted by Gasteiger charge is -2.28. The molecule has 6 nitrogen and oxygen atoms in total. The Bertz CT molecular complexity index is 891. The fraction of sp³-hybridized carbons (Fsp3) is 0.500. The molecule has 0 fully saturated rings. The van der Waals surface area contributed by atoms with Gasteiger partial charge in [0.2, 0.25) is 5.91 Å². The fourth-order valence-corrected chi connectivity index (χ4v) is 3.64. The van der Waals surface area contributed by atoms with Gasteiger partial charge in [0.1, 0.15) is 6.67 Å². The fourth-order valence-electron chi connectivity index (χ4n) is 3.64. The van der Waals surface area contributed by atoms with Crippen molar-refractivity contribution < 1.29 is 14.1 Å². The number of carbonyl (C=O) groups excluding carboxylic acids is 1. The van der Waals surface area contributed by atoms with Crippen LogP contribution in [0.5, 0.6) is 0 Å². The number of nitro benzene ring substituents is 1. The normalized spacial score (nSPS) is 16.2. The molecule has 1 unspecified atom stereocenters. The number of likely N-dealkylation sites (N-methyl/N-ethyl adjacent to an activating group) is 1. The molecule has 182 valence electrons. The Hall–Kier alpha value is -2.96. The Morgan fingerprint density at radius 1 is 1.36 bits per heavy atom. The van der Waals surface area contributed by atoms with E-state index in [-0.39, 0.29) is 28.5 Å². The van der Waals surface area contributed by atoms with Crippen LogP contribution in [0.3, 0.4) is 0 Å². The molecule has 33 heavy (non-hydrogen) atoms. The van der Waals surface area contributed by atoms with Gasteiger partial charge in [-0.05, 0) is 37.8 Å². The molecule has 0 aliphatic heterocycles. The van der Waals surface area contributed by atoms with Crippen molar-refractivity contribution in [3.8, 4) is 0 Å². The minimum Gasteiger partial charge on any atom is -0.370 e. The average Bonchev–Trinajstić information content (AvgIpc) is 2.80. The van der Waals surface area contributed by atoms with Crippen LogP contribution in [0.25, 0.3) is 5.57 Å². The number of allylic oxidation sites excluding steroid dienone is 4. The lowest BCUT2D eigenvalue weighted by atomic mass is 9.88. The van der Waals surface area contributed by atoms with Crippen molar-refractivity contribution in [2.75, 3.05) is 25.2 Å². The second-order valence-electron chi connectivity index (χ2n) is 8.28. The maximum absolute atomic E-state index is 12.3. The molecule has 1 atom stereocenters. The molecule has 0 spiro atoms. The van der Waals surface area contributed by atoms with E-state index in [9.17, 15) is 19.3 Å². The van der Waals surface area contributed by atoms with Gasteiger partial charge < -0.3 is 10.2 Å². The summed E-state index contributed by atoms with van der Waals surface area (Å²) in [5.41, 5.74) is 3.78. The first-order valence-electron chi connectivity index (χ1n) is 11.6. The zero-order valence-corrected chi connectivity index (χ0v) is 20.7. The van der Waals surface area contributed by atoms with E-state index in [0.717, 1.165) is 35.2 Å². The zero-order valence-electron chi connectivity index (χ0n) is 20.7. The summed E-state index contributed by atoms with van der Waals surface area (Å²) >= 11 is 0. The number of halogens is 1. The minimum atomic E-state index is -0.505. The summed E-state index contributed by atoms with van der Waals surface area (Å²) in [5.74, 6) is -0.0696. The van der Waals surface area contributed by atoms with E-state index in [1.54, 1.807) is 18.2 Å². The monoisotopic (exact) mass is 459 g/mol. The summed E-state index contributed by atoms with van der Waals surface area (Å²) in [6.45, 7) is 9.78. The number of hydrogen-bond donors (Lipinski definition) is 1. The molecule has 2 rings (SSSR count). The van der Waals surface area contributed by atoms with Crippen LogP contribution in [-0.4, -0.2) is 37.1 Å². The van der Waals surface area contributed by atoms with E-state index in [2.05, 4.69) is 11.4 Å². The molecule has 1 aromatic rings. The van der Waals surface area contributed by atoms with Crippen molar-refractivity contribution in [3.63, 3.8) is 0 Å². The van der Waals surface area contributed by atoms with Crippen LogP contribution in [0.1, 0.15) is 59.4 Å². The van der Waals surface area contributed by atoms with Gasteiger partial charge in [0.25, 0.3) is 5.69 Å². The second kappa shape index (κ2) is 14.2. The largest absolute Gasteiger partial charge is 0.370 e. The van der Waals surface area contributed by atoms with Crippen LogP contribution in [-0.2, 0) is 4.79 Å². The standard InChI is InChI=1S/C24H32FN3O3.C2H6/c1-17(2)24(29)26-20-10-7-9-19(14-20)22-15-21(28(30)31)11-12-23(22)27(4)16-18(3)8-5-6-13-25;1-2/h5-6,8-9,11-12,15,17,20H,7,10,13-14,16H2,1-4H3,(H,26,29);1-2H3/b6-5-,18-8+;. The molecule has 1 amide bonds. The Morgan fingerprint density at radius 2 is 2.06 bits per heavy atom. The van der Waals surface area contributed by atoms with Crippen molar-refractivity contribution in [1.82, 2.24) is 5.32 Å². The minimum absolute atomic E-state index is 0.0137. The van der Waals surface area contributed by atoms with Crippen molar-refractivity contribution in [2.45, 2.75) is 59.9 Å². The van der Waals surface area contributed by atoms with Crippen LogP contribution < -0.4 is 10.2 Å². The first kappa shape index (κ1) is 28.1. The van der Waals surface area contributed by atoms with Crippen molar-refractivity contribution in [3.05, 3.63) is 63.8 Å². The van der Waals surface area contributed by atoms with Crippen LogP contribution >= 0.6 is 0 Å². The molecule has 1 aliphatic carbocycles. The van der Waals surface area contributed by atoms with Gasteiger partial charge in [-0.1, -0.05) is 57.6 Å². The number of nitrogens with one attached hydrogen (secondary N) is 1. The summed E-state index contributed by atoms with van der Waals surface area (Å²) in [7, 11) is 1.93. The third-order valence-electron chi connectivity index (χ3n) is 5.28. The number of nitrogens with zero attached hydrogens (tertiary/aromatic N) is 2. The number of non-ortho nitro benzene ring substituents is 1. The Balaban J connectivity index is 0.00000265. The van der Waals surface area contributed by atoms with E-state index in [1.165, 1.54) is 12.1 Å². The van der Waals surface area contributed by atoms with E-state index < -0.39 is 6.67 Å². The third-order valence-corrected chi connectivity index (χ3v) is 5.28. The highest BCUT2D eigenvalue weighted by atomic mass is 19.1. The molecule has 1 N–H and O–H groups in total. The zero-order chi connectivity index (χ0) is 25.0. The number of amides is 1. The van der Waals surface area contributed by atoms with Crippen LogP contribution in [0, 0.1) is 16.0 Å². The quantitative estimate of drug-likeness (QED) is 0.269. The van der Waals surface area contributed by atoms with Crippen molar-refractivity contribution in [1.29, 1.82) is 0 Å². The molecular weight excluding hydrogens is 421 g/mol. The Kier molecular flexibility index (Phi) is 12.1. The van der Waals surface area contributed by atoms with Gasteiger partial charge in [-0.25, -0.2) is 4.39 Å². The predicted octanol–water partition coefficient (Wildman–Crippen LogP) is 6.24. The number of benzene rings is 1. The van der Waals surface area contributed by atoms with Gasteiger partial charge in [0.15, 0.2) is 0 Å². The number of anilines is 1. The Morgan fingerprint density at radius 3 is 2.67 bits per heavy atom. The summed E-state index contributed by atoms with van der Waals surface area (Å²) in [6.07, 6.45) is 9.39. The first-order chi connectivity index (χ1) is 15.7. The number of carbonyl (C=O) groups is 1. The number of hydrogen-bond acceptors (Lipinski definition) is 4. The highest BCUT2D eigenvalue weighted by molar-refractivity contribution is 5.81. The maximum atomic E-state index is 12.3. The number of alkyl halides is 1. The molecule has 7 heteroatoms. The van der Waals surface area contributed by atoms with Gasteiger partial charge >= 0.3 is 0 Å². The predicted molar refractivity (Wildman–Crippen MR) is 135 cm³/mol. The number of nitro groups is 1. The summed E-state index contributed by atoms with van der Waals surface area (Å²) in [5, 5.41) is 14.5. The van der Waals surface area contributed by atoms with E-state index in [1.807, 2.05) is 52.6 Å². The lowest BCUT2D eigenvalue weighted by Crippen LogP contribution is -2.38. The van der Waals surface area contributed by atoms with Crippen LogP contribution in [0.15, 0.2) is 48.1 Å². The van der Waals surface area contributed by atoms with Crippen molar-refractivity contribution >= 4 is 22.9 Å². The molecule has 0 saturated carbocycles. The molecule has 0 bridgehead atoms. The lowest BCUT2D eigenvalue weighted by molar-refractivity contribution is -0.384. The van der Waals surface area contributed by atoms with Gasteiger partial charge in [-0.15, -0.1) is 0 Å². The summed E-state index contributed by atoms with van der Waals surface area (Å²) < 4.78 is 12.3. The average molecular weight is 460 g/mol. The maximum Gasteiger partial charge on any atom is 0.270 e. The van der Waals surface area contributed by atoms with Gasteiger partial charge in [-0.3, -0.25) is 14.9 Å². The van der Waals surface area contributed by atoms with E-state index in [0.29, 0.717) is 13.0 Å². The van der Waals surface area contributed by atoms with Crippen LogP contribution in [0.2, 0.25) is 0 Å². The molecule has 0 heterocycles. The molecule has 0 saturated heterocycles. The first-order valence-corrected chi connectivity index (χ1v) is 11.6. The topological polar surface area (TPSA) is 75.5 Å². The number of rotatable bonds is 9. The van der Waals surface area contributed by atoms with Gasteiger partial charge in [0.05, 0.1) is 4.92 Å². The molecule has 0 aromatic heterocycles.